The van der Waals surface area contributed by atoms with E-state index < -0.39 is 11.7 Å². The van der Waals surface area contributed by atoms with Crippen molar-refractivity contribution < 1.29 is 24.5 Å². The Morgan fingerprint density at radius 2 is 1.83 bits per heavy atom. The second-order valence-electron chi connectivity index (χ2n) is 8.98. The van der Waals surface area contributed by atoms with E-state index in [9.17, 15) is 9.59 Å². The Bertz CT molecular complexity index is 1020. The van der Waals surface area contributed by atoms with E-state index in [0.717, 1.165) is 22.6 Å². The Hall–Kier alpha value is -2.99. The van der Waals surface area contributed by atoms with Crippen LogP contribution in [0, 0.1) is 0 Å². The minimum atomic E-state index is -0.628. The maximum atomic E-state index is 11.6. The molecule has 0 bridgehead atoms. The molecule has 1 aromatic heterocycles. The monoisotopic (exact) mass is 522 g/mol. The summed E-state index contributed by atoms with van der Waals surface area (Å²) in [4.78, 5) is 28.6. The van der Waals surface area contributed by atoms with Gasteiger partial charge in [0, 0.05) is 18.7 Å². The molecule has 0 atom stereocenters. The number of amides is 2. The van der Waals surface area contributed by atoms with Crippen LogP contribution in [0.1, 0.15) is 32.8 Å². The van der Waals surface area contributed by atoms with Crippen molar-refractivity contribution >= 4 is 29.2 Å². The fraction of sp³-hybridized carbons (Fsp3) is 0.500. The van der Waals surface area contributed by atoms with Gasteiger partial charge in [0.1, 0.15) is 17.8 Å². The maximum Gasteiger partial charge on any atom is 0.424 e. The Kier molecular flexibility index (Phi) is 11.3. The lowest BCUT2D eigenvalue weighted by molar-refractivity contribution is -0.128. The molecule has 3 rings (SSSR count). The molecule has 1 aromatic carbocycles. The van der Waals surface area contributed by atoms with Gasteiger partial charge < -0.3 is 19.8 Å². The number of nitrogens with zero attached hydrogens (tertiary/aromatic N) is 5. The zero-order valence-electron chi connectivity index (χ0n) is 20.9. The first-order valence-electron chi connectivity index (χ1n) is 11.6. The van der Waals surface area contributed by atoms with Crippen molar-refractivity contribution in [2.24, 2.45) is 5.84 Å². The molecule has 198 valence electrons. The number of halogens is 1. The topological polar surface area (TPSA) is 147 Å². The van der Waals surface area contributed by atoms with Gasteiger partial charge in [-0.25, -0.2) is 20.6 Å². The molecule has 2 heterocycles. The van der Waals surface area contributed by atoms with Gasteiger partial charge in [0.15, 0.2) is 5.82 Å². The third kappa shape index (κ3) is 9.23. The number of ether oxygens (including phenoxy) is 1. The van der Waals surface area contributed by atoms with Gasteiger partial charge in [-0.2, -0.15) is 5.10 Å². The fourth-order valence-electron chi connectivity index (χ4n) is 3.23. The van der Waals surface area contributed by atoms with Crippen molar-refractivity contribution in [2.45, 2.75) is 39.3 Å². The number of carbonyl (C=O) groups excluding carboxylic acids is 2. The Morgan fingerprint density at radius 3 is 2.36 bits per heavy atom. The first-order valence-corrected chi connectivity index (χ1v) is 12.1. The second kappa shape index (κ2) is 13.9. The number of carbonyl (C=O) groups is 2. The van der Waals surface area contributed by atoms with Gasteiger partial charge in [0.25, 0.3) is 0 Å². The molecule has 0 unspecified atom stereocenters. The van der Waals surface area contributed by atoms with Crippen LogP contribution in [0.25, 0.3) is 17.0 Å². The van der Waals surface area contributed by atoms with Crippen molar-refractivity contribution in [3.8, 4) is 11.4 Å². The van der Waals surface area contributed by atoms with E-state index in [-0.39, 0.29) is 31.5 Å². The summed E-state index contributed by atoms with van der Waals surface area (Å²) in [7, 11) is 0. The lowest BCUT2D eigenvalue weighted by Gasteiger charge is -2.26. The van der Waals surface area contributed by atoms with E-state index in [1.165, 1.54) is 5.57 Å². The molecule has 0 saturated heterocycles. The van der Waals surface area contributed by atoms with Crippen LogP contribution in [-0.2, 0) is 16.1 Å². The molecule has 11 nitrogen and oxygen atoms in total. The van der Waals surface area contributed by atoms with Gasteiger partial charge in [-0.15, -0.1) is 11.6 Å². The van der Waals surface area contributed by atoms with Gasteiger partial charge in [0.2, 0.25) is 5.91 Å². The molecule has 1 aliphatic rings. The van der Waals surface area contributed by atoms with Crippen LogP contribution in [-0.4, -0.2) is 91.2 Å². The van der Waals surface area contributed by atoms with Crippen molar-refractivity contribution in [1.29, 1.82) is 0 Å². The zero-order chi connectivity index (χ0) is 26.7. The molecule has 2 amide bonds. The van der Waals surface area contributed by atoms with Gasteiger partial charge in [0.05, 0.1) is 26.3 Å². The van der Waals surface area contributed by atoms with E-state index in [2.05, 4.69) is 16.2 Å². The Balaban J connectivity index is 0.000000324. The number of benzene rings is 1. The van der Waals surface area contributed by atoms with Crippen LogP contribution >= 0.6 is 11.6 Å². The summed E-state index contributed by atoms with van der Waals surface area (Å²) in [6, 6.07) is 8.08. The second-order valence-corrected chi connectivity index (χ2v) is 9.25. The van der Waals surface area contributed by atoms with Crippen LogP contribution in [0.2, 0.25) is 0 Å². The summed E-state index contributed by atoms with van der Waals surface area (Å²) >= 11 is 5.60. The number of aliphatic hydroxyl groups excluding tert-OH is 2. The minimum Gasteiger partial charge on any atom is -0.443 e. The van der Waals surface area contributed by atoms with Crippen LogP contribution in [0.15, 0.2) is 36.7 Å². The normalized spacial score (nSPS) is 13.4. The largest absolute Gasteiger partial charge is 0.443 e. The third-order valence-corrected chi connectivity index (χ3v) is 5.25. The smallest absolute Gasteiger partial charge is 0.424 e. The molecular formula is C24H35ClN6O5. The van der Waals surface area contributed by atoms with E-state index in [1.807, 2.05) is 24.3 Å². The summed E-state index contributed by atoms with van der Waals surface area (Å²) in [5, 5.41) is 22.5. The predicted octanol–water partition coefficient (Wildman–Crippen LogP) is 1.88. The average molecular weight is 523 g/mol. The highest BCUT2D eigenvalue weighted by Gasteiger charge is 2.19. The maximum absolute atomic E-state index is 11.6. The van der Waals surface area contributed by atoms with E-state index in [1.54, 1.807) is 36.7 Å². The van der Waals surface area contributed by atoms with Crippen molar-refractivity contribution in [1.82, 2.24) is 24.7 Å². The summed E-state index contributed by atoms with van der Waals surface area (Å²) in [6.07, 6.45) is 3.89. The van der Waals surface area contributed by atoms with E-state index >= 15 is 0 Å². The van der Waals surface area contributed by atoms with Crippen LogP contribution in [0.4, 0.5) is 4.79 Å². The van der Waals surface area contributed by atoms with Gasteiger partial charge >= 0.3 is 6.09 Å². The molecule has 0 aliphatic carbocycles. The molecule has 0 fully saturated rings. The van der Waals surface area contributed by atoms with Crippen molar-refractivity contribution in [3.05, 3.63) is 42.2 Å². The van der Waals surface area contributed by atoms with Crippen molar-refractivity contribution in [2.75, 3.05) is 38.7 Å². The first kappa shape index (κ1) is 29.2. The van der Waals surface area contributed by atoms with E-state index in [0.29, 0.717) is 25.5 Å². The lowest BCUT2D eigenvalue weighted by Crippen LogP contribution is -2.42. The molecular weight excluding hydrogens is 488 g/mol. The Morgan fingerprint density at radius 1 is 1.17 bits per heavy atom. The molecule has 0 radical (unpaired) electrons. The molecule has 0 spiro atoms. The minimum absolute atomic E-state index is 0.0214. The summed E-state index contributed by atoms with van der Waals surface area (Å²) in [5.41, 5.74) is 2.76. The van der Waals surface area contributed by atoms with Gasteiger partial charge in [-0.05, 0) is 38.3 Å². The standard InChI is InChI=1S/C17H19ClN4O2.C7H16N2O3/c18-11-16(24)21-7-5-14(6-8-21)13-1-3-15(4-2-13)17-19-12-22(20-17)9-10-23;1-7(2,3)12-6(11)9(8)4-5-10/h1-5,12,23H,6-11H2;10H,4-5,8H2,1-3H3. The molecule has 0 saturated carbocycles. The number of nitrogens with two attached hydrogens (primary N) is 1. The van der Waals surface area contributed by atoms with Crippen LogP contribution in [0.5, 0.6) is 0 Å². The molecule has 1 aliphatic heterocycles. The Labute approximate surface area is 216 Å². The summed E-state index contributed by atoms with van der Waals surface area (Å²) in [6.45, 7) is 6.94. The number of rotatable bonds is 7. The van der Waals surface area contributed by atoms with Crippen LogP contribution in [0.3, 0.4) is 0 Å². The zero-order valence-corrected chi connectivity index (χ0v) is 21.7. The molecule has 4 N–H and O–H groups in total. The predicted molar refractivity (Wildman–Crippen MR) is 137 cm³/mol. The highest BCUT2D eigenvalue weighted by atomic mass is 35.5. The molecule has 12 heteroatoms. The van der Waals surface area contributed by atoms with Crippen molar-refractivity contribution in [3.63, 3.8) is 0 Å². The number of aromatic nitrogens is 3. The highest BCUT2D eigenvalue weighted by molar-refractivity contribution is 6.27. The molecule has 2 aromatic rings. The quantitative estimate of drug-likeness (QED) is 0.216. The highest BCUT2D eigenvalue weighted by Crippen LogP contribution is 2.25. The number of hydrazine groups is 1. The number of hydrogen-bond donors (Lipinski definition) is 3. The first-order chi connectivity index (χ1) is 17.1. The number of aliphatic hydroxyl groups is 2. The molecule has 36 heavy (non-hydrogen) atoms. The summed E-state index contributed by atoms with van der Waals surface area (Å²) < 4.78 is 6.52. The van der Waals surface area contributed by atoms with Gasteiger partial charge in [-0.1, -0.05) is 30.3 Å². The fourth-order valence-corrected chi connectivity index (χ4v) is 3.40. The third-order valence-electron chi connectivity index (χ3n) is 5.02. The summed E-state index contributed by atoms with van der Waals surface area (Å²) in [5.74, 6) is 5.89. The van der Waals surface area contributed by atoms with Gasteiger partial charge in [-0.3, -0.25) is 9.48 Å². The van der Waals surface area contributed by atoms with E-state index in [4.69, 9.17) is 32.4 Å². The average Bonchev–Trinajstić information content (AvgIpc) is 3.32. The number of alkyl halides is 1. The van der Waals surface area contributed by atoms with Crippen LogP contribution < -0.4 is 5.84 Å². The lowest BCUT2D eigenvalue weighted by atomic mass is 9.98. The SMILES string of the molecule is CC(C)(C)OC(=O)N(N)CCO.O=C(CCl)N1CC=C(c2ccc(-c3ncn(CCO)n3)cc2)CC1. The number of hydrogen-bond acceptors (Lipinski definition) is 8.